The summed E-state index contributed by atoms with van der Waals surface area (Å²) in [6.07, 6.45) is 3.13. The number of thiazole rings is 1. The van der Waals surface area contributed by atoms with E-state index in [1.165, 1.54) is 16.3 Å². The molecule has 0 bridgehead atoms. The number of rotatable bonds is 5. The van der Waals surface area contributed by atoms with Crippen LogP contribution in [0.5, 0.6) is 0 Å². The van der Waals surface area contributed by atoms with Crippen LogP contribution in [-0.4, -0.2) is 11.0 Å². The molecular weight excluding hydrogens is 204 g/mol. The summed E-state index contributed by atoms with van der Waals surface area (Å²) in [5.41, 5.74) is 0. The van der Waals surface area contributed by atoms with Gasteiger partial charge in [0.2, 0.25) is 0 Å². The molecule has 1 N–H and O–H groups in total. The van der Waals surface area contributed by atoms with Crippen LogP contribution in [-0.2, 0) is 0 Å². The van der Waals surface area contributed by atoms with Gasteiger partial charge in [0.05, 0.1) is 6.04 Å². The molecule has 0 aliphatic carbocycles. The normalized spacial score (nSPS) is 15.6. The second-order valence-electron chi connectivity index (χ2n) is 4.46. The molecule has 2 unspecified atom stereocenters. The summed E-state index contributed by atoms with van der Waals surface area (Å²) < 4.78 is 0. The van der Waals surface area contributed by atoms with Gasteiger partial charge in [0.15, 0.2) is 0 Å². The Labute approximate surface area is 97.1 Å². The molecule has 0 aliphatic heterocycles. The van der Waals surface area contributed by atoms with Crippen molar-refractivity contribution in [2.24, 2.45) is 5.92 Å². The van der Waals surface area contributed by atoms with Crippen molar-refractivity contribution in [2.75, 3.05) is 0 Å². The monoisotopic (exact) mass is 226 g/mol. The Morgan fingerprint density at radius 2 is 2.07 bits per heavy atom. The largest absolute Gasteiger partial charge is 0.305 e. The van der Waals surface area contributed by atoms with Crippen LogP contribution < -0.4 is 5.32 Å². The van der Waals surface area contributed by atoms with E-state index >= 15 is 0 Å². The average molecular weight is 226 g/mol. The molecule has 2 atom stereocenters. The summed E-state index contributed by atoms with van der Waals surface area (Å²) in [5.74, 6) is 0.679. The summed E-state index contributed by atoms with van der Waals surface area (Å²) in [4.78, 5) is 5.71. The standard InChI is InChI=1S/C12H22N2S/c1-6-11(8(2)3)14-10(5)12-13-7-9(4)15-12/h7-8,10-11,14H,6H2,1-5H3. The van der Waals surface area contributed by atoms with Crippen molar-refractivity contribution in [3.63, 3.8) is 0 Å². The third-order valence-corrected chi connectivity index (χ3v) is 3.81. The van der Waals surface area contributed by atoms with E-state index in [0.717, 1.165) is 0 Å². The fourth-order valence-corrected chi connectivity index (χ4v) is 2.53. The molecule has 1 heterocycles. The van der Waals surface area contributed by atoms with Crippen LogP contribution >= 0.6 is 11.3 Å². The Bertz CT molecular complexity index is 294. The van der Waals surface area contributed by atoms with Gasteiger partial charge < -0.3 is 5.32 Å². The van der Waals surface area contributed by atoms with Crippen molar-refractivity contribution in [3.05, 3.63) is 16.1 Å². The van der Waals surface area contributed by atoms with Crippen LogP contribution in [0.25, 0.3) is 0 Å². The quantitative estimate of drug-likeness (QED) is 0.830. The lowest BCUT2D eigenvalue weighted by Crippen LogP contribution is -2.35. The number of aryl methyl sites for hydroxylation is 1. The summed E-state index contributed by atoms with van der Waals surface area (Å²) in [7, 11) is 0. The second-order valence-corrected chi connectivity index (χ2v) is 5.72. The first-order valence-corrected chi connectivity index (χ1v) is 6.54. The molecule has 1 aromatic heterocycles. The highest BCUT2D eigenvalue weighted by atomic mass is 32.1. The van der Waals surface area contributed by atoms with Gasteiger partial charge in [-0.15, -0.1) is 11.3 Å². The van der Waals surface area contributed by atoms with Crippen LogP contribution in [0.2, 0.25) is 0 Å². The SMILES string of the molecule is CCC(NC(C)c1ncc(C)s1)C(C)C. The smallest absolute Gasteiger partial charge is 0.109 e. The first kappa shape index (κ1) is 12.7. The lowest BCUT2D eigenvalue weighted by atomic mass is 10.0. The van der Waals surface area contributed by atoms with E-state index in [0.29, 0.717) is 18.0 Å². The van der Waals surface area contributed by atoms with Crippen molar-refractivity contribution in [2.45, 2.75) is 53.1 Å². The third kappa shape index (κ3) is 3.58. The Kier molecular flexibility index (Phi) is 4.74. The van der Waals surface area contributed by atoms with Gasteiger partial charge in [-0.1, -0.05) is 20.8 Å². The molecule has 0 radical (unpaired) electrons. The topological polar surface area (TPSA) is 24.9 Å². The molecular formula is C12H22N2S. The van der Waals surface area contributed by atoms with Crippen molar-refractivity contribution in [1.29, 1.82) is 0 Å². The zero-order chi connectivity index (χ0) is 11.4. The Morgan fingerprint density at radius 1 is 1.40 bits per heavy atom. The maximum atomic E-state index is 4.42. The van der Waals surface area contributed by atoms with Crippen molar-refractivity contribution < 1.29 is 0 Å². The van der Waals surface area contributed by atoms with E-state index in [1.54, 1.807) is 11.3 Å². The van der Waals surface area contributed by atoms with Gasteiger partial charge in [-0.25, -0.2) is 4.98 Å². The van der Waals surface area contributed by atoms with E-state index in [1.807, 2.05) is 6.20 Å². The average Bonchev–Trinajstić information content (AvgIpc) is 2.60. The molecule has 0 aliphatic rings. The Balaban J connectivity index is 2.58. The fraction of sp³-hybridized carbons (Fsp3) is 0.750. The summed E-state index contributed by atoms with van der Waals surface area (Å²) in [6, 6.07) is 0.959. The summed E-state index contributed by atoms with van der Waals surface area (Å²) in [6.45, 7) is 11.1. The molecule has 1 aromatic rings. The van der Waals surface area contributed by atoms with Crippen molar-refractivity contribution >= 4 is 11.3 Å². The molecule has 0 fully saturated rings. The van der Waals surface area contributed by atoms with Crippen LogP contribution in [0.15, 0.2) is 6.20 Å². The second kappa shape index (κ2) is 5.61. The Hall–Kier alpha value is -0.410. The van der Waals surface area contributed by atoms with Crippen LogP contribution in [0.1, 0.15) is 50.0 Å². The van der Waals surface area contributed by atoms with Gasteiger partial charge in [0.25, 0.3) is 0 Å². The van der Waals surface area contributed by atoms with E-state index < -0.39 is 0 Å². The molecule has 15 heavy (non-hydrogen) atoms. The third-order valence-electron chi connectivity index (χ3n) is 2.72. The highest BCUT2D eigenvalue weighted by Gasteiger charge is 2.16. The minimum absolute atomic E-state index is 0.371. The molecule has 3 heteroatoms. The molecule has 0 spiro atoms. The minimum Gasteiger partial charge on any atom is -0.305 e. The predicted octanol–water partition coefficient (Wildman–Crippen LogP) is 3.54. The van der Waals surface area contributed by atoms with Gasteiger partial charge in [0, 0.05) is 17.1 Å². The molecule has 86 valence electrons. The number of nitrogens with zero attached hydrogens (tertiary/aromatic N) is 1. The minimum atomic E-state index is 0.371. The van der Waals surface area contributed by atoms with Crippen LogP contribution in [0, 0.1) is 12.8 Å². The first-order chi connectivity index (χ1) is 7.04. The molecule has 0 aromatic carbocycles. The number of aromatic nitrogens is 1. The lowest BCUT2D eigenvalue weighted by Gasteiger charge is -2.24. The zero-order valence-electron chi connectivity index (χ0n) is 10.4. The van der Waals surface area contributed by atoms with Crippen molar-refractivity contribution in [3.8, 4) is 0 Å². The molecule has 1 rings (SSSR count). The highest BCUT2D eigenvalue weighted by Crippen LogP contribution is 2.21. The van der Waals surface area contributed by atoms with Gasteiger partial charge in [-0.05, 0) is 26.2 Å². The summed E-state index contributed by atoms with van der Waals surface area (Å²) >= 11 is 1.79. The molecule has 0 saturated carbocycles. The van der Waals surface area contributed by atoms with Crippen LogP contribution in [0.3, 0.4) is 0 Å². The molecule has 0 amide bonds. The predicted molar refractivity (Wildman–Crippen MR) is 67.3 cm³/mol. The first-order valence-electron chi connectivity index (χ1n) is 5.73. The van der Waals surface area contributed by atoms with E-state index in [2.05, 4.69) is 44.9 Å². The summed E-state index contributed by atoms with van der Waals surface area (Å²) in [5, 5.41) is 4.84. The van der Waals surface area contributed by atoms with E-state index in [-0.39, 0.29) is 0 Å². The van der Waals surface area contributed by atoms with Gasteiger partial charge in [-0.3, -0.25) is 0 Å². The Morgan fingerprint density at radius 3 is 2.47 bits per heavy atom. The highest BCUT2D eigenvalue weighted by molar-refractivity contribution is 7.11. The molecule has 0 saturated heterocycles. The van der Waals surface area contributed by atoms with Crippen LogP contribution in [0.4, 0.5) is 0 Å². The molecule has 2 nitrogen and oxygen atoms in total. The lowest BCUT2D eigenvalue weighted by molar-refractivity contribution is 0.355. The van der Waals surface area contributed by atoms with E-state index in [9.17, 15) is 0 Å². The van der Waals surface area contributed by atoms with Gasteiger partial charge in [-0.2, -0.15) is 0 Å². The zero-order valence-corrected chi connectivity index (χ0v) is 11.2. The fourth-order valence-electron chi connectivity index (χ4n) is 1.75. The van der Waals surface area contributed by atoms with Crippen molar-refractivity contribution in [1.82, 2.24) is 10.3 Å². The van der Waals surface area contributed by atoms with Gasteiger partial charge in [0.1, 0.15) is 5.01 Å². The maximum absolute atomic E-state index is 4.42. The van der Waals surface area contributed by atoms with E-state index in [4.69, 9.17) is 0 Å². The van der Waals surface area contributed by atoms with Gasteiger partial charge >= 0.3 is 0 Å². The maximum Gasteiger partial charge on any atom is 0.109 e. The number of hydrogen-bond acceptors (Lipinski definition) is 3. The number of hydrogen-bond donors (Lipinski definition) is 1. The number of nitrogens with one attached hydrogen (secondary N) is 1.